The highest BCUT2D eigenvalue weighted by Gasteiger charge is 2.16. The molecule has 0 bridgehead atoms. The zero-order valence-electron chi connectivity index (χ0n) is 15.0. The Kier molecular flexibility index (Phi) is 18.3. The van der Waals surface area contributed by atoms with E-state index < -0.39 is 0 Å². The van der Waals surface area contributed by atoms with E-state index in [1.54, 1.807) is 0 Å². The number of piperazine rings is 1. The molecule has 0 spiro atoms. The molecule has 1 fully saturated rings. The number of benzene rings is 1. The summed E-state index contributed by atoms with van der Waals surface area (Å²) >= 11 is 17.1. The van der Waals surface area contributed by atoms with Gasteiger partial charge in [-0.2, -0.15) is 0 Å². The maximum Gasteiger partial charge on any atom is 0.0426 e. The lowest BCUT2D eigenvalue weighted by Crippen LogP contribution is -2.46. The molecule has 0 amide bonds. The molecule has 0 unspecified atom stereocenters. The van der Waals surface area contributed by atoms with Gasteiger partial charge in [-0.05, 0) is 45.3 Å². The van der Waals surface area contributed by atoms with Gasteiger partial charge in [-0.3, -0.25) is 4.90 Å². The molecule has 2 rings (SSSR count). The minimum Gasteiger partial charge on any atom is -0.369 e. The Morgan fingerprint density at radius 3 is 2.08 bits per heavy atom. The fourth-order valence-electron chi connectivity index (χ4n) is 2.35. The molecule has 3 nitrogen and oxygen atoms in total. The smallest absolute Gasteiger partial charge is 0.0426 e. The zero-order chi connectivity index (χ0) is 17.1. The lowest BCUT2D eigenvalue weighted by atomic mass is 10.2. The topological polar surface area (TPSA) is 9.72 Å². The van der Waals surface area contributed by atoms with E-state index in [0.29, 0.717) is 0 Å². The molecule has 1 aromatic rings. The van der Waals surface area contributed by atoms with Crippen molar-refractivity contribution >= 4 is 65.3 Å². The molecule has 1 aliphatic rings. The Morgan fingerprint density at radius 1 is 1.00 bits per heavy atom. The Morgan fingerprint density at radius 2 is 1.64 bits per heavy atom. The third kappa shape index (κ3) is 12.4. The lowest BCUT2D eigenvalue weighted by Gasteiger charge is -2.36. The van der Waals surface area contributed by atoms with Gasteiger partial charge in [-0.15, -0.1) is 48.0 Å². The van der Waals surface area contributed by atoms with Crippen LogP contribution in [0.3, 0.4) is 0 Å². The minimum atomic E-state index is 0. The molecule has 1 saturated heterocycles. The van der Waals surface area contributed by atoms with E-state index in [4.69, 9.17) is 34.8 Å². The summed E-state index contributed by atoms with van der Waals surface area (Å²) < 4.78 is 0. The van der Waals surface area contributed by atoms with Gasteiger partial charge in [0.2, 0.25) is 0 Å². The van der Waals surface area contributed by atoms with Crippen molar-refractivity contribution in [2.75, 3.05) is 70.0 Å². The molecule has 0 aliphatic carbocycles. The van der Waals surface area contributed by atoms with Gasteiger partial charge >= 0.3 is 0 Å². The summed E-state index contributed by atoms with van der Waals surface area (Å²) in [6, 6.07) is 8.09. The Hall–Kier alpha value is 0.390. The number of anilines is 1. The van der Waals surface area contributed by atoms with Gasteiger partial charge in [0.25, 0.3) is 0 Å². The number of nitrogens with zero attached hydrogens (tertiary/aromatic N) is 3. The lowest BCUT2D eigenvalue weighted by molar-refractivity contribution is 0.259. The summed E-state index contributed by atoms with van der Waals surface area (Å²) in [5.74, 6) is 1.49. The monoisotopic (exact) mass is 451 g/mol. The summed E-state index contributed by atoms with van der Waals surface area (Å²) in [7, 11) is 4.00. The fraction of sp³-hybridized carbons (Fsp3) is 0.647. The molecule has 148 valence electrons. The highest BCUT2D eigenvalue weighted by molar-refractivity contribution is 6.30. The first-order valence-corrected chi connectivity index (χ1v) is 9.51. The molecule has 1 aromatic carbocycles. The van der Waals surface area contributed by atoms with Crippen LogP contribution in [0.2, 0.25) is 5.02 Å². The molecule has 0 aromatic heterocycles. The van der Waals surface area contributed by atoms with Crippen LogP contribution < -0.4 is 4.90 Å². The van der Waals surface area contributed by atoms with Crippen molar-refractivity contribution in [1.29, 1.82) is 0 Å². The summed E-state index contributed by atoms with van der Waals surface area (Å²) in [4.78, 5) is 6.92. The van der Waals surface area contributed by atoms with Gasteiger partial charge in [-0.25, -0.2) is 0 Å². The van der Waals surface area contributed by atoms with Crippen molar-refractivity contribution in [1.82, 2.24) is 9.80 Å². The molecule has 1 aliphatic heterocycles. The van der Waals surface area contributed by atoms with Gasteiger partial charge in [0.05, 0.1) is 0 Å². The number of rotatable bonds is 6. The van der Waals surface area contributed by atoms with Crippen molar-refractivity contribution < 1.29 is 0 Å². The summed E-state index contributed by atoms with van der Waals surface area (Å²) in [6.45, 7) is 6.46. The highest BCUT2D eigenvalue weighted by Crippen LogP contribution is 2.20. The fourth-order valence-corrected chi connectivity index (χ4v) is 3.00. The Balaban J connectivity index is 0. The number of hydrogen-bond acceptors (Lipinski definition) is 3. The van der Waals surface area contributed by atoms with Crippen LogP contribution in [0, 0.1) is 0 Å². The van der Waals surface area contributed by atoms with Crippen LogP contribution in [-0.2, 0) is 0 Å². The normalized spacial score (nSPS) is 14.2. The average molecular weight is 454 g/mol. The quantitative estimate of drug-likeness (QED) is 0.577. The van der Waals surface area contributed by atoms with Gasteiger partial charge in [0.15, 0.2) is 0 Å². The van der Waals surface area contributed by atoms with Crippen LogP contribution in [0.25, 0.3) is 0 Å². The molecular weight excluding hydrogens is 423 g/mol. The summed E-state index contributed by atoms with van der Waals surface area (Å²) in [5.41, 5.74) is 1.23. The molecule has 0 atom stereocenters. The van der Waals surface area contributed by atoms with E-state index in [9.17, 15) is 0 Å². The van der Waals surface area contributed by atoms with Crippen LogP contribution in [0.1, 0.15) is 6.42 Å². The summed E-state index contributed by atoms with van der Waals surface area (Å²) in [5, 5.41) is 0.812. The second kappa shape index (κ2) is 16.6. The average Bonchev–Trinajstić information content (AvgIpc) is 2.54. The van der Waals surface area contributed by atoms with Crippen LogP contribution in [-0.4, -0.2) is 74.9 Å². The first-order valence-electron chi connectivity index (χ1n) is 8.06. The predicted molar refractivity (Wildman–Crippen MR) is 119 cm³/mol. The van der Waals surface area contributed by atoms with Crippen LogP contribution in [0.15, 0.2) is 24.3 Å². The van der Waals surface area contributed by atoms with Crippen LogP contribution in [0.4, 0.5) is 5.69 Å². The van der Waals surface area contributed by atoms with Crippen molar-refractivity contribution in [2.24, 2.45) is 0 Å². The first-order chi connectivity index (χ1) is 11.1. The number of hydrogen-bond donors (Lipinski definition) is 0. The molecule has 0 radical (unpaired) electrons. The third-order valence-electron chi connectivity index (χ3n) is 3.69. The highest BCUT2D eigenvalue weighted by atomic mass is 35.5. The largest absolute Gasteiger partial charge is 0.369 e. The van der Waals surface area contributed by atoms with Crippen molar-refractivity contribution in [2.45, 2.75) is 6.42 Å². The molecule has 8 heteroatoms. The predicted octanol–water partition coefficient (Wildman–Crippen LogP) is 4.72. The van der Waals surface area contributed by atoms with Crippen molar-refractivity contribution in [3.63, 3.8) is 0 Å². The van der Waals surface area contributed by atoms with Gasteiger partial charge in [0.1, 0.15) is 0 Å². The zero-order valence-corrected chi connectivity index (χ0v) is 18.9. The maximum absolute atomic E-state index is 6.01. The second-order valence-electron chi connectivity index (χ2n) is 5.84. The standard InChI is InChI=1S/C13H18Cl2N2.C4H10ClN.2ClH/c14-5-2-6-16-7-9-17(10-8-16)13-4-1-3-12(15)11-13;1-6(2)4-3-5;;/h1,3-4,11H,2,5-10H2;3-4H2,1-2H3;2*1H. The van der Waals surface area contributed by atoms with E-state index in [1.807, 2.05) is 37.2 Å². The molecule has 0 saturated carbocycles. The van der Waals surface area contributed by atoms with Crippen molar-refractivity contribution in [3.05, 3.63) is 29.3 Å². The first kappa shape index (κ1) is 27.6. The molecule has 1 heterocycles. The van der Waals surface area contributed by atoms with E-state index in [-0.39, 0.29) is 24.8 Å². The van der Waals surface area contributed by atoms with Crippen LogP contribution in [0.5, 0.6) is 0 Å². The Labute approximate surface area is 180 Å². The second-order valence-corrected chi connectivity index (χ2v) is 7.04. The van der Waals surface area contributed by atoms with Crippen molar-refractivity contribution in [3.8, 4) is 0 Å². The van der Waals surface area contributed by atoms with E-state index in [0.717, 1.165) is 62.5 Å². The molecular formula is C17H30Cl5N3. The molecule has 25 heavy (non-hydrogen) atoms. The summed E-state index contributed by atoms with van der Waals surface area (Å²) in [6.07, 6.45) is 1.08. The molecule has 0 N–H and O–H groups in total. The van der Waals surface area contributed by atoms with Gasteiger partial charge in [-0.1, -0.05) is 17.7 Å². The third-order valence-corrected chi connectivity index (χ3v) is 4.36. The van der Waals surface area contributed by atoms with Crippen LogP contribution >= 0.6 is 59.6 Å². The van der Waals surface area contributed by atoms with E-state index in [2.05, 4.69) is 15.9 Å². The van der Waals surface area contributed by atoms with Gasteiger partial charge in [0, 0.05) is 55.2 Å². The number of halogens is 5. The van der Waals surface area contributed by atoms with E-state index >= 15 is 0 Å². The number of alkyl halides is 2. The maximum atomic E-state index is 6.01. The SMILES string of the molecule is CN(C)CCCl.Cl.Cl.ClCCCN1CCN(c2cccc(Cl)c2)CC1. The Bertz CT molecular complexity index is 426. The van der Waals surface area contributed by atoms with E-state index in [1.165, 1.54) is 5.69 Å². The van der Waals surface area contributed by atoms with Gasteiger partial charge < -0.3 is 9.80 Å². The minimum absolute atomic E-state index is 0.